The Morgan fingerprint density at radius 3 is 2.50 bits per heavy atom. The first-order chi connectivity index (χ1) is 9.47. The SMILES string of the molecule is Nc1nc2cc(F)ccc2n1-c1c(F)cc(F)cc1Cl. The minimum atomic E-state index is -0.884. The molecule has 2 aromatic carbocycles. The van der Waals surface area contributed by atoms with Crippen LogP contribution in [0.25, 0.3) is 16.7 Å². The van der Waals surface area contributed by atoms with Crippen molar-refractivity contribution in [3.8, 4) is 5.69 Å². The summed E-state index contributed by atoms with van der Waals surface area (Å²) in [6, 6.07) is 5.41. The van der Waals surface area contributed by atoms with Crippen LogP contribution in [0.15, 0.2) is 30.3 Å². The Morgan fingerprint density at radius 2 is 1.80 bits per heavy atom. The zero-order chi connectivity index (χ0) is 14.4. The van der Waals surface area contributed by atoms with Gasteiger partial charge in [0.1, 0.15) is 17.3 Å². The number of fused-ring (bicyclic) bond motifs is 1. The number of benzene rings is 2. The van der Waals surface area contributed by atoms with Crippen molar-refractivity contribution in [3.05, 3.63) is 52.8 Å². The lowest BCUT2D eigenvalue weighted by Crippen LogP contribution is -2.04. The van der Waals surface area contributed by atoms with Crippen molar-refractivity contribution >= 4 is 28.6 Å². The molecule has 0 spiro atoms. The van der Waals surface area contributed by atoms with Crippen LogP contribution in [0.2, 0.25) is 5.02 Å². The van der Waals surface area contributed by atoms with Crippen LogP contribution in [-0.4, -0.2) is 9.55 Å². The van der Waals surface area contributed by atoms with Crippen LogP contribution in [0.1, 0.15) is 0 Å². The first-order valence-electron chi connectivity index (χ1n) is 5.56. The summed E-state index contributed by atoms with van der Waals surface area (Å²) in [5.41, 5.74) is 6.22. The fourth-order valence-corrected chi connectivity index (χ4v) is 2.33. The first kappa shape index (κ1) is 12.8. The first-order valence-corrected chi connectivity index (χ1v) is 5.93. The average molecular weight is 298 g/mol. The third-order valence-electron chi connectivity index (χ3n) is 2.85. The number of nitrogens with zero attached hydrogens (tertiary/aromatic N) is 2. The Bertz CT molecular complexity index is 806. The largest absolute Gasteiger partial charge is 0.369 e. The van der Waals surface area contributed by atoms with Crippen molar-refractivity contribution in [1.29, 1.82) is 0 Å². The van der Waals surface area contributed by atoms with Crippen LogP contribution in [0, 0.1) is 17.5 Å². The highest BCUT2D eigenvalue weighted by Gasteiger charge is 2.18. The zero-order valence-corrected chi connectivity index (χ0v) is 10.6. The van der Waals surface area contributed by atoms with Gasteiger partial charge in [0.25, 0.3) is 0 Å². The number of nitrogens with two attached hydrogens (primary N) is 1. The number of anilines is 1. The van der Waals surface area contributed by atoms with Gasteiger partial charge in [-0.1, -0.05) is 11.6 Å². The maximum atomic E-state index is 14.0. The molecule has 1 aromatic heterocycles. The van der Waals surface area contributed by atoms with Crippen molar-refractivity contribution in [2.24, 2.45) is 0 Å². The number of hydrogen-bond donors (Lipinski definition) is 1. The third-order valence-corrected chi connectivity index (χ3v) is 3.14. The molecule has 0 aliphatic carbocycles. The van der Waals surface area contributed by atoms with E-state index < -0.39 is 17.5 Å². The van der Waals surface area contributed by atoms with E-state index in [2.05, 4.69) is 4.98 Å². The summed E-state index contributed by atoms with van der Waals surface area (Å²) in [6.45, 7) is 0. The maximum absolute atomic E-state index is 14.0. The zero-order valence-electron chi connectivity index (χ0n) is 9.87. The molecule has 1 heterocycles. The van der Waals surface area contributed by atoms with Gasteiger partial charge in [0.05, 0.1) is 16.1 Å². The summed E-state index contributed by atoms with van der Waals surface area (Å²) in [5.74, 6) is -2.25. The highest BCUT2D eigenvalue weighted by atomic mass is 35.5. The third kappa shape index (κ3) is 1.89. The van der Waals surface area contributed by atoms with Crippen molar-refractivity contribution in [2.75, 3.05) is 5.73 Å². The van der Waals surface area contributed by atoms with Gasteiger partial charge >= 0.3 is 0 Å². The van der Waals surface area contributed by atoms with E-state index in [1.54, 1.807) is 0 Å². The number of aromatic nitrogens is 2. The molecule has 0 atom stereocenters. The molecule has 0 saturated carbocycles. The van der Waals surface area contributed by atoms with E-state index >= 15 is 0 Å². The predicted molar refractivity (Wildman–Crippen MR) is 70.4 cm³/mol. The number of rotatable bonds is 1. The molecule has 0 bridgehead atoms. The van der Waals surface area contributed by atoms with Gasteiger partial charge in [-0.05, 0) is 18.2 Å². The Kier molecular flexibility index (Phi) is 2.83. The molecule has 0 saturated heterocycles. The van der Waals surface area contributed by atoms with Gasteiger partial charge in [-0.2, -0.15) is 0 Å². The quantitative estimate of drug-likeness (QED) is 0.744. The van der Waals surface area contributed by atoms with Crippen LogP contribution in [0.3, 0.4) is 0 Å². The molecular formula is C13H7ClF3N3. The second kappa shape index (κ2) is 4.42. The van der Waals surface area contributed by atoms with E-state index in [0.717, 1.165) is 12.1 Å². The van der Waals surface area contributed by atoms with Crippen molar-refractivity contribution in [2.45, 2.75) is 0 Å². The Labute approximate surface area is 116 Å². The van der Waals surface area contributed by atoms with Crippen molar-refractivity contribution in [1.82, 2.24) is 9.55 Å². The average Bonchev–Trinajstić information content (AvgIpc) is 2.64. The Morgan fingerprint density at radius 1 is 1.05 bits per heavy atom. The minimum Gasteiger partial charge on any atom is -0.369 e. The molecule has 0 unspecified atom stereocenters. The lowest BCUT2D eigenvalue weighted by molar-refractivity contribution is 0.579. The van der Waals surface area contributed by atoms with E-state index in [1.807, 2.05) is 0 Å². The highest BCUT2D eigenvalue weighted by molar-refractivity contribution is 6.32. The topological polar surface area (TPSA) is 43.8 Å². The molecule has 0 fully saturated rings. The molecule has 3 nitrogen and oxygen atoms in total. The lowest BCUT2D eigenvalue weighted by atomic mass is 10.2. The van der Waals surface area contributed by atoms with E-state index in [1.165, 1.54) is 16.7 Å². The molecule has 2 N–H and O–H groups in total. The van der Waals surface area contributed by atoms with Crippen LogP contribution in [0.4, 0.5) is 19.1 Å². The van der Waals surface area contributed by atoms with E-state index in [-0.39, 0.29) is 22.2 Å². The summed E-state index contributed by atoms with van der Waals surface area (Å²) in [7, 11) is 0. The van der Waals surface area contributed by atoms with Gasteiger partial charge in [-0.25, -0.2) is 18.2 Å². The highest BCUT2D eigenvalue weighted by Crippen LogP contribution is 2.31. The Balaban J connectivity index is 2.38. The van der Waals surface area contributed by atoms with Gasteiger partial charge < -0.3 is 5.73 Å². The van der Waals surface area contributed by atoms with Gasteiger partial charge in [0.2, 0.25) is 5.95 Å². The minimum absolute atomic E-state index is 0.0713. The summed E-state index contributed by atoms with van der Waals surface area (Å²) < 4.78 is 41.4. The molecule has 20 heavy (non-hydrogen) atoms. The fourth-order valence-electron chi connectivity index (χ4n) is 2.06. The molecule has 0 aliphatic heterocycles. The molecule has 0 amide bonds. The predicted octanol–water partition coefficient (Wildman–Crippen LogP) is 3.68. The number of imidazole rings is 1. The molecule has 3 rings (SSSR count). The second-order valence-electron chi connectivity index (χ2n) is 4.16. The van der Waals surface area contributed by atoms with Gasteiger partial charge in [0, 0.05) is 12.1 Å². The molecule has 3 aromatic rings. The second-order valence-corrected chi connectivity index (χ2v) is 4.56. The molecule has 0 aliphatic rings. The molecule has 102 valence electrons. The summed E-state index contributed by atoms with van der Waals surface area (Å²) in [6.07, 6.45) is 0. The standard InChI is InChI=1S/C13H7ClF3N3/c14-8-3-7(16)4-9(17)12(8)20-11-2-1-6(15)5-10(11)19-13(20)18/h1-5H,(H2,18,19). The van der Waals surface area contributed by atoms with E-state index in [4.69, 9.17) is 17.3 Å². The van der Waals surface area contributed by atoms with Crippen LogP contribution in [0.5, 0.6) is 0 Å². The number of hydrogen-bond acceptors (Lipinski definition) is 2. The Hall–Kier alpha value is -2.21. The number of nitrogen functional groups attached to an aromatic ring is 1. The van der Waals surface area contributed by atoms with Crippen LogP contribution < -0.4 is 5.73 Å². The van der Waals surface area contributed by atoms with E-state index in [0.29, 0.717) is 11.6 Å². The van der Waals surface area contributed by atoms with Gasteiger partial charge in [0.15, 0.2) is 5.82 Å². The smallest absolute Gasteiger partial charge is 0.206 e. The van der Waals surface area contributed by atoms with Crippen molar-refractivity contribution in [3.63, 3.8) is 0 Å². The summed E-state index contributed by atoms with van der Waals surface area (Å²) in [4.78, 5) is 3.94. The van der Waals surface area contributed by atoms with Gasteiger partial charge in [-0.3, -0.25) is 4.57 Å². The van der Waals surface area contributed by atoms with Crippen LogP contribution >= 0.6 is 11.6 Å². The monoisotopic (exact) mass is 297 g/mol. The van der Waals surface area contributed by atoms with Crippen molar-refractivity contribution < 1.29 is 13.2 Å². The summed E-state index contributed by atoms with van der Waals surface area (Å²) >= 11 is 5.87. The van der Waals surface area contributed by atoms with E-state index in [9.17, 15) is 13.2 Å². The lowest BCUT2D eigenvalue weighted by Gasteiger charge is -2.10. The molecular weight excluding hydrogens is 291 g/mol. The molecule has 0 radical (unpaired) electrons. The fraction of sp³-hybridized carbons (Fsp3) is 0. The maximum Gasteiger partial charge on any atom is 0.206 e. The number of halogens is 4. The molecule has 7 heteroatoms. The summed E-state index contributed by atoms with van der Waals surface area (Å²) in [5, 5.41) is -0.155. The van der Waals surface area contributed by atoms with Crippen LogP contribution in [-0.2, 0) is 0 Å². The normalized spacial score (nSPS) is 11.2. The van der Waals surface area contributed by atoms with Gasteiger partial charge in [-0.15, -0.1) is 0 Å².